The molecule has 0 radical (unpaired) electrons. The summed E-state index contributed by atoms with van der Waals surface area (Å²) in [6.07, 6.45) is 1.80. The summed E-state index contributed by atoms with van der Waals surface area (Å²) < 4.78 is 35.9. The van der Waals surface area contributed by atoms with Gasteiger partial charge in [-0.1, -0.05) is 0 Å². The van der Waals surface area contributed by atoms with Crippen LogP contribution in [0.15, 0.2) is 0 Å². The quantitative estimate of drug-likeness (QED) is 0.377. The van der Waals surface area contributed by atoms with Gasteiger partial charge in [0, 0.05) is 13.0 Å². The Morgan fingerprint density at radius 2 is 1.72 bits per heavy atom. The van der Waals surface area contributed by atoms with Crippen LogP contribution in [0.25, 0.3) is 0 Å². The molecule has 0 heterocycles. The molecule has 0 fully saturated rings. The van der Waals surface area contributed by atoms with E-state index in [9.17, 15) is 13.2 Å². The van der Waals surface area contributed by atoms with Crippen molar-refractivity contribution in [3.63, 3.8) is 0 Å². The molecule has 0 aliphatic rings. The molecule has 0 atom stereocenters. The van der Waals surface area contributed by atoms with E-state index in [4.69, 9.17) is 9.47 Å². The molecule has 0 aromatic rings. The summed E-state index contributed by atoms with van der Waals surface area (Å²) in [5.74, 6) is -0.265. The number of esters is 1. The normalized spacial score (nSPS) is 12.4. The molecular weight excluding hydrogens is 260 g/mol. The van der Waals surface area contributed by atoms with E-state index in [0.717, 1.165) is 6.26 Å². The van der Waals surface area contributed by atoms with Gasteiger partial charge in [0.1, 0.15) is 5.60 Å². The first kappa shape index (κ1) is 17.3. The average molecular weight is 282 g/mol. The van der Waals surface area contributed by atoms with Gasteiger partial charge in [-0.2, -0.15) is 8.42 Å². The predicted molar refractivity (Wildman–Crippen MR) is 66.7 cm³/mol. The maximum absolute atomic E-state index is 11.3. The van der Waals surface area contributed by atoms with E-state index in [1.54, 1.807) is 0 Å². The number of rotatable bonds is 8. The Kier molecular flexibility index (Phi) is 7.42. The molecule has 0 aliphatic carbocycles. The summed E-state index contributed by atoms with van der Waals surface area (Å²) in [6, 6.07) is 0. The third-order valence-corrected chi connectivity index (χ3v) is 2.21. The molecule has 7 heteroatoms. The molecular formula is C11H22O6S. The molecule has 0 bridgehead atoms. The third kappa shape index (κ3) is 13.4. The Hall–Kier alpha value is -0.660. The maximum atomic E-state index is 11.3. The number of carbonyl (C=O) groups excluding carboxylic acids is 1. The van der Waals surface area contributed by atoms with E-state index in [1.165, 1.54) is 0 Å². The summed E-state index contributed by atoms with van der Waals surface area (Å²) in [6.45, 7) is 5.97. The van der Waals surface area contributed by atoms with Gasteiger partial charge in [0.25, 0.3) is 10.1 Å². The topological polar surface area (TPSA) is 78.9 Å². The van der Waals surface area contributed by atoms with Crippen molar-refractivity contribution in [3.05, 3.63) is 0 Å². The monoisotopic (exact) mass is 282 g/mol. The SMILES string of the molecule is CC(C)(C)OC(=O)CCCOCCOS(C)(=O)=O. The molecule has 0 saturated heterocycles. The van der Waals surface area contributed by atoms with Crippen LogP contribution < -0.4 is 0 Å². The van der Waals surface area contributed by atoms with Gasteiger partial charge in [0.15, 0.2) is 0 Å². The summed E-state index contributed by atoms with van der Waals surface area (Å²) >= 11 is 0. The van der Waals surface area contributed by atoms with Crippen LogP contribution >= 0.6 is 0 Å². The zero-order chi connectivity index (χ0) is 14.2. The maximum Gasteiger partial charge on any atom is 0.306 e. The van der Waals surface area contributed by atoms with Crippen LogP contribution in [0.4, 0.5) is 0 Å². The molecule has 0 aromatic heterocycles. The lowest BCUT2D eigenvalue weighted by Gasteiger charge is -2.19. The van der Waals surface area contributed by atoms with Crippen LogP contribution in [0.2, 0.25) is 0 Å². The first-order chi connectivity index (χ1) is 8.10. The number of hydrogen-bond acceptors (Lipinski definition) is 6. The highest BCUT2D eigenvalue weighted by Gasteiger charge is 2.15. The lowest BCUT2D eigenvalue weighted by Crippen LogP contribution is -2.23. The van der Waals surface area contributed by atoms with Crippen molar-refractivity contribution < 1.29 is 26.9 Å². The van der Waals surface area contributed by atoms with Crippen molar-refractivity contribution in [1.82, 2.24) is 0 Å². The minimum Gasteiger partial charge on any atom is -0.460 e. The van der Waals surface area contributed by atoms with E-state index in [-0.39, 0.29) is 25.6 Å². The van der Waals surface area contributed by atoms with E-state index in [1.807, 2.05) is 20.8 Å². The van der Waals surface area contributed by atoms with E-state index >= 15 is 0 Å². The van der Waals surface area contributed by atoms with Crippen LogP contribution in [-0.2, 0) is 28.6 Å². The number of ether oxygens (including phenoxy) is 2. The van der Waals surface area contributed by atoms with E-state index < -0.39 is 15.7 Å². The predicted octanol–water partition coefficient (Wildman–Crippen LogP) is 1.10. The zero-order valence-electron chi connectivity index (χ0n) is 11.4. The molecule has 108 valence electrons. The molecule has 0 spiro atoms. The minimum atomic E-state index is -3.40. The van der Waals surface area contributed by atoms with E-state index in [2.05, 4.69) is 4.18 Å². The largest absolute Gasteiger partial charge is 0.460 e. The Morgan fingerprint density at radius 1 is 1.11 bits per heavy atom. The van der Waals surface area contributed by atoms with Gasteiger partial charge in [-0.25, -0.2) is 0 Å². The fourth-order valence-corrected chi connectivity index (χ4v) is 1.43. The Balaban J connectivity index is 3.44. The van der Waals surface area contributed by atoms with Gasteiger partial charge in [0.05, 0.1) is 19.5 Å². The smallest absolute Gasteiger partial charge is 0.306 e. The number of hydrogen-bond donors (Lipinski definition) is 0. The summed E-state index contributed by atoms with van der Waals surface area (Å²) in [7, 11) is -3.40. The lowest BCUT2D eigenvalue weighted by atomic mass is 10.2. The fourth-order valence-electron chi connectivity index (χ4n) is 1.06. The van der Waals surface area contributed by atoms with Crippen molar-refractivity contribution in [2.24, 2.45) is 0 Å². The lowest BCUT2D eigenvalue weighted by molar-refractivity contribution is -0.155. The van der Waals surface area contributed by atoms with Crippen molar-refractivity contribution >= 4 is 16.1 Å². The molecule has 0 amide bonds. The molecule has 0 rings (SSSR count). The minimum absolute atomic E-state index is 0.00866. The first-order valence-electron chi connectivity index (χ1n) is 5.74. The van der Waals surface area contributed by atoms with Gasteiger partial charge in [0.2, 0.25) is 0 Å². The summed E-state index contributed by atoms with van der Waals surface area (Å²) in [5.41, 5.74) is -0.471. The van der Waals surface area contributed by atoms with Crippen LogP contribution in [0.5, 0.6) is 0 Å². The molecule has 18 heavy (non-hydrogen) atoms. The standard InChI is InChI=1S/C11H22O6S/c1-11(2,3)17-10(12)6-5-7-15-8-9-16-18(4,13)14/h5-9H2,1-4H3. The highest BCUT2D eigenvalue weighted by Crippen LogP contribution is 2.08. The molecule has 0 aliphatic heterocycles. The first-order valence-corrected chi connectivity index (χ1v) is 7.56. The van der Waals surface area contributed by atoms with Crippen molar-refractivity contribution in [2.75, 3.05) is 26.1 Å². The van der Waals surface area contributed by atoms with Crippen LogP contribution in [0.3, 0.4) is 0 Å². The van der Waals surface area contributed by atoms with Crippen LogP contribution in [-0.4, -0.2) is 46.1 Å². The molecule has 0 saturated carbocycles. The van der Waals surface area contributed by atoms with Gasteiger partial charge in [-0.15, -0.1) is 0 Å². The second kappa shape index (κ2) is 7.70. The third-order valence-electron chi connectivity index (χ3n) is 1.61. The van der Waals surface area contributed by atoms with Crippen molar-refractivity contribution in [3.8, 4) is 0 Å². The molecule has 0 aromatic carbocycles. The molecule has 0 unspecified atom stereocenters. The average Bonchev–Trinajstić information content (AvgIpc) is 2.11. The van der Waals surface area contributed by atoms with Gasteiger partial charge >= 0.3 is 5.97 Å². The number of carbonyl (C=O) groups is 1. The second-order valence-corrected chi connectivity index (χ2v) is 6.47. The van der Waals surface area contributed by atoms with Gasteiger partial charge < -0.3 is 9.47 Å². The Bertz CT molecular complexity index is 341. The molecule has 0 N–H and O–H groups in total. The highest BCUT2D eigenvalue weighted by atomic mass is 32.2. The van der Waals surface area contributed by atoms with Gasteiger partial charge in [-0.05, 0) is 27.2 Å². The summed E-state index contributed by atoms with van der Waals surface area (Å²) in [4.78, 5) is 11.3. The Labute approximate surface area is 109 Å². The molecule has 6 nitrogen and oxygen atoms in total. The van der Waals surface area contributed by atoms with Gasteiger partial charge in [-0.3, -0.25) is 8.98 Å². The fraction of sp³-hybridized carbons (Fsp3) is 0.909. The summed E-state index contributed by atoms with van der Waals surface area (Å²) in [5, 5.41) is 0. The van der Waals surface area contributed by atoms with E-state index in [0.29, 0.717) is 13.0 Å². The van der Waals surface area contributed by atoms with Crippen LogP contribution in [0, 0.1) is 0 Å². The highest BCUT2D eigenvalue weighted by molar-refractivity contribution is 7.85. The van der Waals surface area contributed by atoms with Crippen LogP contribution in [0.1, 0.15) is 33.6 Å². The Morgan fingerprint density at radius 3 is 2.22 bits per heavy atom. The second-order valence-electron chi connectivity index (χ2n) is 4.83. The van der Waals surface area contributed by atoms with Crippen molar-refractivity contribution in [2.45, 2.75) is 39.2 Å². The van der Waals surface area contributed by atoms with Crippen molar-refractivity contribution in [1.29, 1.82) is 0 Å². The zero-order valence-corrected chi connectivity index (χ0v) is 12.2.